The maximum Gasteiger partial charge on any atom is 0.341 e. The number of carboxylic acid groups (broad SMARTS) is 1. The van der Waals surface area contributed by atoms with Gasteiger partial charge in [0, 0.05) is 37.6 Å². The van der Waals surface area contributed by atoms with E-state index < -0.39 is 22.7 Å². The number of carbonyl (C=O) groups is 1. The summed E-state index contributed by atoms with van der Waals surface area (Å²) in [4.78, 5) is 23.1. The van der Waals surface area contributed by atoms with Crippen LogP contribution < -0.4 is 5.43 Å². The van der Waals surface area contributed by atoms with Gasteiger partial charge in [-0.05, 0) is 37.7 Å². The average molecular weight is 345 g/mol. The van der Waals surface area contributed by atoms with Crippen LogP contribution in [0.1, 0.15) is 42.5 Å². The van der Waals surface area contributed by atoms with Gasteiger partial charge in [-0.2, -0.15) is 0 Å². The summed E-state index contributed by atoms with van der Waals surface area (Å²) < 4.78 is 7.17. The van der Waals surface area contributed by atoms with Gasteiger partial charge in [0.15, 0.2) is 5.75 Å². The molecule has 0 atom stereocenters. The Balaban J connectivity index is 2.00. The molecule has 0 aromatic carbocycles. The monoisotopic (exact) mass is 345 g/mol. The third kappa shape index (κ3) is 3.69. The Morgan fingerprint density at radius 3 is 2.72 bits per heavy atom. The number of aromatic nitrogens is 1. The molecule has 1 aromatic heterocycles. The fourth-order valence-corrected chi connectivity index (χ4v) is 3.67. The molecule has 25 heavy (non-hydrogen) atoms. The number of carboxylic acids is 1. The first-order chi connectivity index (χ1) is 12.0. The second kappa shape index (κ2) is 7.27. The molecule has 6 heteroatoms. The van der Waals surface area contributed by atoms with E-state index in [1.165, 1.54) is 18.0 Å². The first-order valence-corrected chi connectivity index (χ1v) is 8.63. The molecule has 0 bridgehead atoms. The van der Waals surface area contributed by atoms with Crippen molar-refractivity contribution in [2.24, 2.45) is 5.41 Å². The van der Waals surface area contributed by atoms with Crippen molar-refractivity contribution in [3.8, 4) is 5.75 Å². The fourth-order valence-electron chi connectivity index (χ4n) is 3.67. The van der Waals surface area contributed by atoms with Crippen LogP contribution in [0.5, 0.6) is 5.75 Å². The standard InChI is InChI=1S/C19H23NO5/c21-16-12-20(11-15(17(16)22)18(23)24)13-19(7-9-25-10-8-19)14-5-3-1-2-4-6-14/h3,5-6,11-12,21H,1-2,4,7-10,13H2,(H,23,24). The highest BCUT2D eigenvalue weighted by molar-refractivity contribution is 5.87. The lowest BCUT2D eigenvalue weighted by Gasteiger charge is -2.39. The van der Waals surface area contributed by atoms with Crippen LogP contribution in [0.2, 0.25) is 0 Å². The second-order valence-electron chi connectivity index (χ2n) is 6.75. The van der Waals surface area contributed by atoms with Crippen LogP contribution in [0.15, 0.2) is 41.0 Å². The molecule has 6 nitrogen and oxygen atoms in total. The van der Waals surface area contributed by atoms with Crippen molar-refractivity contribution in [2.75, 3.05) is 13.2 Å². The molecule has 1 aliphatic carbocycles. The molecule has 2 heterocycles. The van der Waals surface area contributed by atoms with E-state index in [1.807, 2.05) is 0 Å². The number of allylic oxidation sites excluding steroid dienone is 4. The van der Waals surface area contributed by atoms with Gasteiger partial charge < -0.3 is 19.5 Å². The zero-order valence-electron chi connectivity index (χ0n) is 14.1. The highest BCUT2D eigenvalue weighted by Crippen LogP contribution is 2.41. The number of rotatable bonds is 4. The van der Waals surface area contributed by atoms with Gasteiger partial charge in [0.25, 0.3) is 0 Å². The predicted octanol–water partition coefficient (Wildman–Crippen LogP) is 2.72. The average Bonchev–Trinajstić information content (AvgIpc) is 2.88. The lowest BCUT2D eigenvalue weighted by molar-refractivity contribution is 0.0255. The number of hydrogen-bond acceptors (Lipinski definition) is 4. The molecular formula is C19H23NO5. The number of aromatic hydroxyl groups is 1. The Morgan fingerprint density at radius 1 is 1.24 bits per heavy atom. The normalized spacial score (nSPS) is 19.9. The molecular weight excluding hydrogens is 322 g/mol. The largest absolute Gasteiger partial charge is 0.503 e. The van der Waals surface area contributed by atoms with Gasteiger partial charge in [0.05, 0.1) is 0 Å². The summed E-state index contributed by atoms with van der Waals surface area (Å²) in [5.74, 6) is -1.86. The van der Waals surface area contributed by atoms with E-state index in [0.29, 0.717) is 19.8 Å². The van der Waals surface area contributed by atoms with Crippen LogP contribution in [0.25, 0.3) is 0 Å². The maximum atomic E-state index is 11.8. The van der Waals surface area contributed by atoms with E-state index in [4.69, 9.17) is 4.74 Å². The summed E-state index contributed by atoms with van der Waals surface area (Å²) in [6, 6.07) is 0. The maximum absolute atomic E-state index is 11.8. The summed E-state index contributed by atoms with van der Waals surface area (Å²) in [5.41, 5.74) is -0.203. The molecule has 134 valence electrons. The van der Waals surface area contributed by atoms with Crippen molar-refractivity contribution in [3.63, 3.8) is 0 Å². The van der Waals surface area contributed by atoms with Crippen LogP contribution in [-0.2, 0) is 11.3 Å². The highest BCUT2D eigenvalue weighted by Gasteiger charge is 2.36. The van der Waals surface area contributed by atoms with Gasteiger partial charge in [-0.15, -0.1) is 0 Å². The molecule has 0 spiro atoms. The summed E-state index contributed by atoms with van der Waals surface area (Å²) in [5, 5.41) is 19.1. The van der Waals surface area contributed by atoms with Crippen LogP contribution in [-0.4, -0.2) is 34.0 Å². The summed E-state index contributed by atoms with van der Waals surface area (Å²) in [7, 11) is 0. The van der Waals surface area contributed by atoms with Crippen LogP contribution in [0.4, 0.5) is 0 Å². The minimum absolute atomic E-state index is 0.184. The predicted molar refractivity (Wildman–Crippen MR) is 92.9 cm³/mol. The molecule has 2 N–H and O–H groups in total. The van der Waals surface area contributed by atoms with Gasteiger partial charge in [0.2, 0.25) is 5.43 Å². The minimum atomic E-state index is -1.33. The van der Waals surface area contributed by atoms with Crippen molar-refractivity contribution in [3.05, 3.63) is 52.0 Å². The van der Waals surface area contributed by atoms with E-state index in [9.17, 15) is 19.8 Å². The number of ether oxygens (including phenoxy) is 1. The van der Waals surface area contributed by atoms with Crippen molar-refractivity contribution in [2.45, 2.75) is 38.6 Å². The van der Waals surface area contributed by atoms with Crippen LogP contribution in [0, 0.1) is 5.41 Å². The Labute approximate surface area is 146 Å². The Hall–Kier alpha value is -2.34. The van der Waals surface area contributed by atoms with E-state index in [-0.39, 0.29) is 5.41 Å². The first-order valence-electron chi connectivity index (χ1n) is 8.63. The molecule has 0 radical (unpaired) electrons. The SMILES string of the molecule is O=C(O)c1cn(CC2(C3=CCCCC=C3)CCOCC2)cc(O)c1=O. The van der Waals surface area contributed by atoms with Gasteiger partial charge >= 0.3 is 5.97 Å². The summed E-state index contributed by atoms with van der Waals surface area (Å²) in [6.45, 7) is 1.78. The summed E-state index contributed by atoms with van der Waals surface area (Å²) in [6.07, 6.45) is 14.1. The summed E-state index contributed by atoms with van der Waals surface area (Å²) >= 11 is 0. The Kier molecular flexibility index (Phi) is 5.08. The third-order valence-corrected chi connectivity index (χ3v) is 5.07. The number of aromatic carboxylic acids is 1. The van der Waals surface area contributed by atoms with Gasteiger partial charge in [0.1, 0.15) is 5.56 Å². The third-order valence-electron chi connectivity index (χ3n) is 5.07. The van der Waals surface area contributed by atoms with E-state index in [1.54, 1.807) is 4.57 Å². The lowest BCUT2D eigenvalue weighted by Crippen LogP contribution is -2.35. The first kappa shape index (κ1) is 17.5. The van der Waals surface area contributed by atoms with Crippen LogP contribution in [0.3, 0.4) is 0 Å². The van der Waals surface area contributed by atoms with Crippen LogP contribution >= 0.6 is 0 Å². The molecule has 1 fully saturated rings. The van der Waals surface area contributed by atoms with E-state index >= 15 is 0 Å². The zero-order valence-corrected chi connectivity index (χ0v) is 14.1. The second-order valence-corrected chi connectivity index (χ2v) is 6.75. The lowest BCUT2D eigenvalue weighted by atomic mass is 9.73. The Bertz CT molecular complexity index is 769. The van der Waals surface area contributed by atoms with Gasteiger partial charge in [-0.25, -0.2) is 4.79 Å². The molecule has 3 rings (SSSR count). The Morgan fingerprint density at radius 2 is 2.00 bits per heavy atom. The van der Waals surface area contributed by atoms with Crippen molar-refractivity contribution in [1.82, 2.24) is 4.57 Å². The van der Waals surface area contributed by atoms with Gasteiger partial charge in [-0.3, -0.25) is 4.79 Å². The van der Waals surface area contributed by atoms with Crippen molar-refractivity contribution >= 4 is 5.97 Å². The molecule has 0 unspecified atom stereocenters. The topological polar surface area (TPSA) is 88.8 Å². The van der Waals surface area contributed by atoms with Crippen molar-refractivity contribution in [1.29, 1.82) is 0 Å². The van der Waals surface area contributed by atoms with Gasteiger partial charge in [-0.1, -0.05) is 18.2 Å². The van der Waals surface area contributed by atoms with Crippen molar-refractivity contribution < 1.29 is 19.7 Å². The minimum Gasteiger partial charge on any atom is -0.503 e. The molecule has 0 amide bonds. The number of hydrogen-bond donors (Lipinski definition) is 2. The van der Waals surface area contributed by atoms with E-state index in [0.717, 1.165) is 32.1 Å². The fraction of sp³-hybridized carbons (Fsp3) is 0.474. The molecule has 1 saturated heterocycles. The number of nitrogens with zero attached hydrogens (tertiary/aromatic N) is 1. The molecule has 1 aromatic rings. The molecule has 2 aliphatic rings. The highest BCUT2D eigenvalue weighted by atomic mass is 16.5. The smallest absolute Gasteiger partial charge is 0.341 e. The number of pyridine rings is 1. The zero-order chi connectivity index (χ0) is 17.9. The van der Waals surface area contributed by atoms with E-state index in [2.05, 4.69) is 18.2 Å². The molecule has 1 aliphatic heterocycles. The quantitative estimate of drug-likeness (QED) is 0.876. The molecule has 0 saturated carbocycles.